The van der Waals surface area contributed by atoms with Gasteiger partial charge in [0.15, 0.2) is 5.69 Å². The normalized spacial score (nSPS) is 14.9. The molecule has 1 aliphatic rings. The zero-order valence-electron chi connectivity index (χ0n) is 22.6. The molecule has 0 spiro atoms. The topological polar surface area (TPSA) is 124 Å². The summed E-state index contributed by atoms with van der Waals surface area (Å²) in [6, 6.07) is 7.10. The van der Waals surface area contributed by atoms with Gasteiger partial charge in [-0.15, -0.1) is 0 Å². The van der Waals surface area contributed by atoms with E-state index < -0.39 is 0 Å². The van der Waals surface area contributed by atoms with Crippen molar-refractivity contribution in [3.63, 3.8) is 0 Å². The number of hydrazine groups is 1. The lowest BCUT2D eigenvalue weighted by molar-refractivity contribution is -0.121. The first-order valence-electron chi connectivity index (χ1n) is 13.3. The van der Waals surface area contributed by atoms with Crippen molar-refractivity contribution in [1.29, 1.82) is 0 Å². The van der Waals surface area contributed by atoms with Crippen molar-refractivity contribution in [1.82, 2.24) is 25.4 Å². The van der Waals surface area contributed by atoms with Crippen molar-refractivity contribution in [3.05, 3.63) is 30.0 Å². The van der Waals surface area contributed by atoms with Crippen molar-refractivity contribution in [2.24, 2.45) is 5.84 Å². The second kappa shape index (κ2) is 14.0. The maximum Gasteiger partial charge on any atom is 0.272 e. The van der Waals surface area contributed by atoms with Crippen molar-refractivity contribution < 1.29 is 19.1 Å². The lowest BCUT2D eigenvalue weighted by Crippen LogP contribution is -2.43. The Balaban J connectivity index is 1.91. The number of nitrogens with two attached hydrogens (primary N) is 1. The highest BCUT2D eigenvalue weighted by Gasteiger charge is 2.26. The van der Waals surface area contributed by atoms with Gasteiger partial charge in [-0.2, -0.15) is 5.10 Å². The van der Waals surface area contributed by atoms with E-state index in [1.165, 1.54) is 19.3 Å². The number of rotatable bonds is 13. The van der Waals surface area contributed by atoms with Crippen LogP contribution in [0.4, 0.5) is 0 Å². The van der Waals surface area contributed by atoms with Crippen LogP contribution in [-0.2, 0) is 4.79 Å². The monoisotopic (exact) mass is 514 g/mol. The van der Waals surface area contributed by atoms with Gasteiger partial charge in [-0.3, -0.25) is 19.7 Å². The summed E-state index contributed by atoms with van der Waals surface area (Å²) in [5.41, 5.74) is 3.96. The molecule has 37 heavy (non-hydrogen) atoms. The number of ether oxygens (including phenoxy) is 2. The number of methoxy groups -OCH3 is 2. The van der Waals surface area contributed by atoms with E-state index in [1.54, 1.807) is 20.3 Å². The van der Waals surface area contributed by atoms with Crippen LogP contribution >= 0.6 is 0 Å². The highest BCUT2D eigenvalue weighted by atomic mass is 16.5. The molecule has 1 aromatic heterocycles. The summed E-state index contributed by atoms with van der Waals surface area (Å²) >= 11 is 0. The Morgan fingerprint density at radius 1 is 1.08 bits per heavy atom. The molecule has 10 heteroatoms. The minimum atomic E-state index is -0.361. The van der Waals surface area contributed by atoms with E-state index in [-0.39, 0.29) is 36.0 Å². The number of aromatic nitrogens is 2. The number of carbonyl (C=O) groups is 2. The molecule has 1 unspecified atom stereocenters. The fourth-order valence-corrected chi connectivity index (χ4v) is 5.00. The largest absolute Gasteiger partial charge is 0.496 e. The second-order valence-corrected chi connectivity index (χ2v) is 9.50. The average molecular weight is 515 g/mol. The summed E-state index contributed by atoms with van der Waals surface area (Å²) in [5, 5.41) is 7.78. The molecule has 0 aliphatic carbocycles. The quantitative estimate of drug-likeness (QED) is 0.213. The van der Waals surface area contributed by atoms with Gasteiger partial charge in [0.2, 0.25) is 5.91 Å². The van der Waals surface area contributed by atoms with Crippen LogP contribution in [0, 0.1) is 0 Å². The second-order valence-electron chi connectivity index (χ2n) is 9.50. The summed E-state index contributed by atoms with van der Waals surface area (Å²) in [4.78, 5) is 27.9. The number of hydrogen-bond acceptors (Lipinski definition) is 7. The first kappa shape index (κ1) is 28.5. The minimum Gasteiger partial charge on any atom is -0.496 e. The van der Waals surface area contributed by atoms with Crippen LogP contribution < -0.4 is 26.1 Å². The Labute approximate surface area is 219 Å². The maximum atomic E-state index is 13.5. The molecule has 2 amide bonds. The summed E-state index contributed by atoms with van der Waals surface area (Å²) in [6.07, 6.45) is 6.07. The van der Waals surface area contributed by atoms with Crippen molar-refractivity contribution in [2.45, 2.75) is 70.9 Å². The molecule has 1 aromatic carbocycles. The van der Waals surface area contributed by atoms with E-state index in [0.29, 0.717) is 17.9 Å². The highest BCUT2D eigenvalue weighted by molar-refractivity contribution is 5.94. The third-order valence-electron chi connectivity index (χ3n) is 7.11. The first-order valence-corrected chi connectivity index (χ1v) is 13.3. The third-order valence-corrected chi connectivity index (χ3v) is 7.11. The molecule has 0 radical (unpaired) electrons. The molecular weight excluding hydrogens is 472 g/mol. The van der Waals surface area contributed by atoms with Crippen LogP contribution in [0.3, 0.4) is 0 Å². The zero-order chi connectivity index (χ0) is 26.8. The van der Waals surface area contributed by atoms with Crippen molar-refractivity contribution in [2.75, 3.05) is 33.9 Å². The Hall–Kier alpha value is -3.11. The molecule has 0 saturated carbocycles. The van der Waals surface area contributed by atoms with Gasteiger partial charge in [-0.1, -0.05) is 26.3 Å². The number of likely N-dealkylation sites (tertiary alicyclic amines) is 1. The molecule has 4 N–H and O–H groups in total. The molecule has 204 valence electrons. The standard InChI is InChI=1S/C27H42N6O4/c1-5-20(6-2)33-22(26-23(36-3)11-10-12-24(26)37-4)18-21(31-33)27(35)29-19(17-25(34)30-28)13-16-32-14-8-7-9-15-32/h10-12,18-20H,5-9,13-17,28H2,1-4H3,(H,29,35)(H,30,34). The molecule has 1 saturated heterocycles. The molecular formula is C27H42N6O4. The SMILES string of the molecule is CCC(CC)n1nc(C(=O)NC(CCN2CCCCC2)CC(=O)NN)cc1-c1c(OC)cccc1OC. The number of nitrogens with one attached hydrogen (secondary N) is 2. The van der Waals surface area contributed by atoms with Gasteiger partial charge < -0.3 is 19.7 Å². The van der Waals surface area contributed by atoms with Crippen LogP contribution in [0.5, 0.6) is 11.5 Å². The number of amides is 2. The molecule has 0 bridgehead atoms. The van der Waals surface area contributed by atoms with Gasteiger partial charge in [-0.05, 0) is 63.4 Å². The van der Waals surface area contributed by atoms with E-state index in [1.807, 2.05) is 22.9 Å². The van der Waals surface area contributed by atoms with Crippen LogP contribution in [0.1, 0.15) is 75.3 Å². The summed E-state index contributed by atoms with van der Waals surface area (Å²) < 4.78 is 13.2. The fourth-order valence-electron chi connectivity index (χ4n) is 5.00. The third kappa shape index (κ3) is 7.23. The van der Waals surface area contributed by atoms with E-state index in [2.05, 4.69) is 29.5 Å². The van der Waals surface area contributed by atoms with E-state index in [9.17, 15) is 9.59 Å². The fraction of sp³-hybridized carbons (Fsp3) is 0.593. The molecule has 10 nitrogen and oxygen atoms in total. The van der Waals surface area contributed by atoms with Gasteiger partial charge in [0.25, 0.3) is 5.91 Å². The smallest absolute Gasteiger partial charge is 0.272 e. The van der Waals surface area contributed by atoms with Crippen molar-refractivity contribution >= 4 is 11.8 Å². The predicted octanol–water partition coefficient (Wildman–Crippen LogP) is 3.28. The lowest BCUT2D eigenvalue weighted by atomic mass is 10.1. The molecule has 2 heterocycles. The average Bonchev–Trinajstić information content (AvgIpc) is 3.37. The summed E-state index contributed by atoms with van der Waals surface area (Å²) in [7, 11) is 3.22. The summed E-state index contributed by atoms with van der Waals surface area (Å²) in [5.74, 6) is 5.98. The Morgan fingerprint density at radius 2 is 1.73 bits per heavy atom. The molecule has 1 fully saturated rings. The van der Waals surface area contributed by atoms with Gasteiger partial charge in [0, 0.05) is 19.0 Å². The number of nitrogens with zero attached hydrogens (tertiary/aromatic N) is 3. The van der Waals surface area contributed by atoms with Gasteiger partial charge in [-0.25, -0.2) is 5.84 Å². The van der Waals surface area contributed by atoms with Gasteiger partial charge in [0.1, 0.15) is 11.5 Å². The van der Waals surface area contributed by atoms with Crippen LogP contribution in [0.15, 0.2) is 24.3 Å². The Bertz CT molecular complexity index is 1010. The maximum absolute atomic E-state index is 13.5. The Kier molecular flexibility index (Phi) is 10.8. The number of benzene rings is 1. The highest BCUT2D eigenvalue weighted by Crippen LogP contribution is 2.40. The minimum absolute atomic E-state index is 0.0871. The summed E-state index contributed by atoms with van der Waals surface area (Å²) in [6.45, 7) is 7.11. The molecule has 1 aliphatic heterocycles. The number of piperidine rings is 1. The van der Waals surface area contributed by atoms with Crippen LogP contribution in [0.25, 0.3) is 11.3 Å². The van der Waals surface area contributed by atoms with E-state index in [0.717, 1.165) is 43.7 Å². The molecule has 3 rings (SSSR count). The van der Waals surface area contributed by atoms with Gasteiger partial charge >= 0.3 is 0 Å². The molecule has 1 atom stereocenters. The van der Waals surface area contributed by atoms with Gasteiger partial charge in [0.05, 0.1) is 31.5 Å². The Morgan fingerprint density at radius 3 is 2.30 bits per heavy atom. The predicted molar refractivity (Wildman–Crippen MR) is 143 cm³/mol. The number of hydrogen-bond donors (Lipinski definition) is 3. The van der Waals surface area contributed by atoms with Crippen LogP contribution in [0.2, 0.25) is 0 Å². The number of carbonyl (C=O) groups excluding carboxylic acids is 2. The van der Waals surface area contributed by atoms with E-state index in [4.69, 9.17) is 20.4 Å². The first-order chi connectivity index (χ1) is 17.9. The van der Waals surface area contributed by atoms with Crippen LogP contribution in [-0.4, -0.2) is 66.4 Å². The van der Waals surface area contributed by atoms with Crippen molar-refractivity contribution in [3.8, 4) is 22.8 Å². The van der Waals surface area contributed by atoms with E-state index >= 15 is 0 Å². The lowest BCUT2D eigenvalue weighted by Gasteiger charge is -2.28. The molecule has 2 aromatic rings. The zero-order valence-corrected chi connectivity index (χ0v) is 22.6.